The van der Waals surface area contributed by atoms with E-state index < -0.39 is 29.9 Å². The summed E-state index contributed by atoms with van der Waals surface area (Å²) in [5.74, 6) is -0.701. The molecule has 0 aromatic heterocycles. The van der Waals surface area contributed by atoms with Crippen LogP contribution in [0, 0.1) is 23.1 Å². The largest absolute Gasteiger partial charge is 0.456 e. The molecule has 5 nitrogen and oxygen atoms in total. The molecule has 1 aromatic carbocycles. The van der Waals surface area contributed by atoms with Gasteiger partial charge < -0.3 is 15.2 Å². The zero-order chi connectivity index (χ0) is 19.2. The van der Waals surface area contributed by atoms with Gasteiger partial charge in [-0.2, -0.15) is 0 Å². The van der Waals surface area contributed by atoms with Crippen molar-refractivity contribution in [2.24, 2.45) is 17.3 Å². The van der Waals surface area contributed by atoms with E-state index in [1.165, 1.54) is 12.1 Å². The minimum atomic E-state index is -0.633. The van der Waals surface area contributed by atoms with Gasteiger partial charge in [0, 0.05) is 5.02 Å². The Morgan fingerprint density at radius 1 is 1.26 bits per heavy atom. The van der Waals surface area contributed by atoms with Crippen LogP contribution in [-0.4, -0.2) is 29.2 Å². The van der Waals surface area contributed by atoms with Crippen LogP contribution in [0.5, 0.6) is 0 Å². The van der Waals surface area contributed by atoms with Crippen molar-refractivity contribution in [2.75, 3.05) is 11.9 Å². The third-order valence-corrected chi connectivity index (χ3v) is 6.47. The molecule has 0 spiro atoms. The molecule has 5 rings (SSSR count). The molecule has 1 aromatic rings. The zero-order valence-electron chi connectivity index (χ0n) is 15.0. The standard InChI is InChI=1S/C20H23ClFNO4/c21-14-1-2-15(22)16(4-14)23-17(24)10-27-18(25)9-19-5-12-3-13(6-19)8-20(26,7-12)11-19/h1-2,4,12-13,26H,3,5-11H2,(H,23,24)/t12-,13+,19?,20?. The summed E-state index contributed by atoms with van der Waals surface area (Å²) in [7, 11) is 0. The van der Waals surface area contributed by atoms with Crippen LogP contribution in [0.4, 0.5) is 10.1 Å². The lowest BCUT2D eigenvalue weighted by Crippen LogP contribution is -2.56. The number of ether oxygens (including phenoxy) is 1. The summed E-state index contributed by atoms with van der Waals surface area (Å²) in [5, 5.41) is 13.4. The minimum Gasteiger partial charge on any atom is -0.456 e. The number of rotatable bonds is 5. The van der Waals surface area contributed by atoms with Crippen molar-refractivity contribution in [3.05, 3.63) is 29.0 Å². The van der Waals surface area contributed by atoms with Gasteiger partial charge in [0.05, 0.1) is 17.7 Å². The van der Waals surface area contributed by atoms with Gasteiger partial charge in [-0.25, -0.2) is 4.39 Å². The van der Waals surface area contributed by atoms with Gasteiger partial charge in [-0.1, -0.05) is 11.6 Å². The van der Waals surface area contributed by atoms with E-state index in [-0.39, 0.29) is 17.5 Å². The second kappa shape index (κ2) is 6.74. The van der Waals surface area contributed by atoms with Crippen molar-refractivity contribution in [2.45, 2.75) is 50.5 Å². The van der Waals surface area contributed by atoms with E-state index >= 15 is 0 Å². The van der Waals surface area contributed by atoms with Gasteiger partial charge in [0.2, 0.25) is 0 Å². The molecular weight excluding hydrogens is 373 g/mol. The minimum absolute atomic E-state index is 0.0492. The number of halogens is 2. The topological polar surface area (TPSA) is 75.6 Å². The van der Waals surface area contributed by atoms with Crippen LogP contribution in [0.3, 0.4) is 0 Å². The second-order valence-corrected chi connectivity index (χ2v) is 9.13. The summed E-state index contributed by atoms with van der Waals surface area (Å²) in [5.41, 5.74) is -0.885. The molecule has 0 aliphatic heterocycles. The Morgan fingerprint density at radius 2 is 1.96 bits per heavy atom. The molecule has 7 heteroatoms. The number of aliphatic hydroxyl groups is 1. The second-order valence-electron chi connectivity index (χ2n) is 8.70. The van der Waals surface area contributed by atoms with Crippen molar-refractivity contribution in [1.82, 2.24) is 0 Å². The lowest BCUT2D eigenvalue weighted by molar-refractivity contribution is -0.177. The fourth-order valence-corrected chi connectivity index (χ4v) is 6.06. The molecule has 4 aliphatic carbocycles. The summed E-state index contributed by atoms with van der Waals surface area (Å²) in [6.07, 6.45) is 5.58. The highest BCUT2D eigenvalue weighted by Gasteiger charge is 2.57. The van der Waals surface area contributed by atoms with Crippen molar-refractivity contribution >= 4 is 29.2 Å². The number of hydrogen-bond donors (Lipinski definition) is 2. The normalized spacial score (nSPS) is 33.7. The maximum absolute atomic E-state index is 13.6. The first kappa shape index (κ1) is 18.7. The fraction of sp³-hybridized carbons (Fsp3) is 0.600. The van der Waals surface area contributed by atoms with Crippen LogP contribution in [0.2, 0.25) is 5.02 Å². The molecule has 4 fully saturated rings. The monoisotopic (exact) mass is 395 g/mol. The van der Waals surface area contributed by atoms with Gasteiger partial charge in [-0.15, -0.1) is 0 Å². The summed E-state index contributed by atoms with van der Waals surface area (Å²) in [6, 6.07) is 3.83. The molecule has 0 radical (unpaired) electrons. The molecular formula is C20H23ClFNO4. The van der Waals surface area contributed by atoms with E-state index in [2.05, 4.69) is 5.32 Å². The first-order valence-electron chi connectivity index (χ1n) is 9.37. The summed E-state index contributed by atoms with van der Waals surface area (Å²) >= 11 is 5.79. The molecule has 1 amide bonds. The summed E-state index contributed by atoms with van der Waals surface area (Å²) < 4.78 is 18.8. The summed E-state index contributed by atoms with van der Waals surface area (Å²) in [4.78, 5) is 24.3. The molecule has 4 atom stereocenters. The molecule has 0 saturated heterocycles. The molecule has 2 unspecified atom stereocenters. The van der Waals surface area contributed by atoms with E-state index in [0.29, 0.717) is 23.3 Å². The number of benzene rings is 1. The van der Waals surface area contributed by atoms with Crippen LogP contribution < -0.4 is 5.32 Å². The van der Waals surface area contributed by atoms with Gasteiger partial charge in [0.25, 0.3) is 5.91 Å². The average molecular weight is 396 g/mol. The number of carbonyl (C=O) groups excluding carboxylic acids is 2. The van der Waals surface area contributed by atoms with E-state index in [1.807, 2.05) is 0 Å². The van der Waals surface area contributed by atoms with E-state index in [9.17, 15) is 19.1 Å². The fourth-order valence-electron chi connectivity index (χ4n) is 5.89. The zero-order valence-corrected chi connectivity index (χ0v) is 15.7. The highest BCUT2D eigenvalue weighted by atomic mass is 35.5. The number of nitrogens with one attached hydrogen (secondary N) is 1. The first-order valence-corrected chi connectivity index (χ1v) is 9.75. The number of amides is 1. The van der Waals surface area contributed by atoms with Crippen LogP contribution in [-0.2, 0) is 14.3 Å². The van der Waals surface area contributed by atoms with Crippen molar-refractivity contribution in [3.8, 4) is 0 Å². The number of carbonyl (C=O) groups is 2. The lowest BCUT2D eigenvalue weighted by atomic mass is 9.47. The molecule has 0 heterocycles. The molecule has 4 saturated carbocycles. The van der Waals surface area contributed by atoms with Crippen molar-refractivity contribution in [3.63, 3.8) is 0 Å². The van der Waals surface area contributed by atoms with E-state index in [4.69, 9.17) is 16.3 Å². The molecule has 4 bridgehead atoms. The van der Waals surface area contributed by atoms with E-state index in [0.717, 1.165) is 38.2 Å². The number of esters is 1. The molecule has 4 aliphatic rings. The predicted molar refractivity (Wildman–Crippen MR) is 97.7 cm³/mol. The highest BCUT2D eigenvalue weighted by molar-refractivity contribution is 6.30. The molecule has 2 N–H and O–H groups in total. The third-order valence-electron chi connectivity index (χ3n) is 6.24. The Kier molecular flexibility index (Phi) is 4.67. The van der Waals surface area contributed by atoms with E-state index in [1.54, 1.807) is 0 Å². The van der Waals surface area contributed by atoms with Gasteiger partial charge in [-0.05, 0) is 74.0 Å². The average Bonchev–Trinajstić information content (AvgIpc) is 2.53. The first-order chi connectivity index (χ1) is 12.7. The Labute approximate surface area is 162 Å². The van der Waals surface area contributed by atoms with Crippen LogP contribution in [0.1, 0.15) is 44.9 Å². The van der Waals surface area contributed by atoms with Crippen molar-refractivity contribution in [1.29, 1.82) is 0 Å². The van der Waals surface area contributed by atoms with Gasteiger partial charge in [-0.3, -0.25) is 9.59 Å². The molecule has 27 heavy (non-hydrogen) atoms. The lowest BCUT2D eigenvalue weighted by Gasteiger charge is -2.60. The Hall–Kier alpha value is -1.66. The Bertz CT molecular complexity index is 769. The molecule has 146 valence electrons. The van der Waals surface area contributed by atoms with Crippen LogP contribution >= 0.6 is 11.6 Å². The number of hydrogen-bond acceptors (Lipinski definition) is 4. The quantitative estimate of drug-likeness (QED) is 0.746. The smallest absolute Gasteiger partial charge is 0.306 e. The van der Waals surface area contributed by atoms with Gasteiger partial charge >= 0.3 is 5.97 Å². The van der Waals surface area contributed by atoms with Gasteiger partial charge in [0.15, 0.2) is 6.61 Å². The van der Waals surface area contributed by atoms with Crippen LogP contribution in [0.15, 0.2) is 18.2 Å². The Morgan fingerprint density at radius 3 is 2.63 bits per heavy atom. The van der Waals surface area contributed by atoms with Gasteiger partial charge in [0.1, 0.15) is 5.82 Å². The number of anilines is 1. The maximum atomic E-state index is 13.6. The predicted octanol–water partition coefficient (Wildman–Crippen LogP) is 3.68. The Balaban J connectivity index is 1.31. The summed E-state index contributed by atoms with van der Waals surface area (Å²) in [6.45, 7) is -0.474. The van der Waals surface area contributed by atoms with Crippen LogP contribution in [0.25, 0.3) is 0 Å². The van der Waals surface area contributed by atoms with Crippen molar-refractivity contribution < 1.29 is 23.8 Å². The third kappa shape index (κ3) is 3.97. The SMILES string of the molecule is O=C(COC(=O)CC12C[C@@H]3C[C@@H](CC(O)(C3)C1)C2)Nc1cc(Cl)ccc1F. The maximum Gasteiger partial charge on any atom is 0.306 e. The highest BCUT2D eigenvalue weighted by Crippen LogP contribution is 2.62.